The van der Waals surface area contributed by atoms with Crippen molar-refractivity contribution in [2.45, 2.75) is 50.7 Å². The molecule has 4 rings (SSSR count). The molecule has 30 heavy (non-hydrogen) atoms. The minimum Gasteiger partial charge on any atom is -0.459 e. The lowest BCUT2D eigenvalue weighted by Gasteiger charge is -2.50. The van der Waals surface area contributed by atoms with Gasteiger partial charge in [0.05, 0.1) is 12.7 Å². The van der Waals surface area contributed by atoms with Crippen LogP contribution in [0.2, 0.25) is 0 Å². The van der Waals surface area contributed by atoms with E-state index in [2.05, 4.69) is 5.32 Å². The molecule has 3 atom stereocenters. The molecular formula is C24H28N2O4. The van der Waals surface area contributed by atoms with Gasteiger partial charge < -0.3 is 19.7 Å². The number of hydrogen-bond donors (Lipinski definition) is 1. The normalized spacial score (nSPS) is 22.6. The molecule has 6 nitrogen and oxygen atoms in total. The number of ether oxygens (including phenoxy) is 2. The molecule has 1 N–H and O–H groups in total. The lowest BCUT2D eigenvalue weighted by molar-refractivity contribution is -0.176. The SMILES string of the molecule is C[C@@H](OCc1ccccc1)[C@@H](C(=O)OCc1ccccc1)N1CC2(CCCN2)C1=O. The van der Waals surface area contributed by atoms with Crippen molar-refractivity contribution in [3.8, 4) is 0 Å². The Hall–Kier alpha value is -2.70. The van der Waals surface area contributed by atoms with Crippen molar-refractivity contribution in [1.29, 1.82) is 0 Å². The molecule has 2 aromatic carbocycles. The first-order chi connectivity index (χ1) is 14.6. The highest BCUT2D eigenvalue weighted by Crippen LogP contribution is 2.34. The smallest absolute Gasteiger partial charge is 0.331 e. The van der Waals surface area contributed by atoms with Crippen LogP contribution in [-0.2, 0) is 32.3 Å². The number of carbonyl (C=O) groups is 2. The Bertz CT molecular complexity index is 865. The van der Waals surface area contributed by atoms with Crippen molar-refractivity contribution >= 4 is 11.9 Å². The van der Waals surface area contributed by atoms with E-state index in [4.69, 9.17) is 9.47 Å². The predicted octanol–water partition coefficient (Wildman–Crippen LogP) is 2.67. The first kappa shape index (κ1) is 20.6. The summed E-state index contributed by atoms with van der Waals surface area (Å²) in [6.07, 6.45) is 1.30. The lowest BCUT2D eigenvalue weighted by Crippen LogP contribution is -2.75. The number of β-lactam (4-membered cyclic amide) rings is 1. The van der Waals surface area contributed by atoms with E-state index in [1.165, 1.54) is 0 Å². The number of esters is 1. The molecule has 0 aliphatic carbocycles. The van der Waals surface area contributed by atoms with Gasteiger partial charge in [0, 0.05) is 6.54 Å². The first-order valence-electron chi connectivity index (χ1n) is 10.5. The van der Waals surface area contributed by atoms with Gasteiger partial charge in [0.25, 0.3) is 0 Å². The maximum Gasteiger partial charge on any atom is 0.331 e. The molecule has 1 amide bonds. The molecule has 158 valence electrons. The number of rotatable bonds is 8. The summed E-state index contributed by atoms with van der Waals surface area (Å²) in [5, 5.41) is 3.31. The summed E-state index contributed by atoms with van der Waals surface area (Å²) >= 11 is 0. The van der Waals surface area contributed by atoms with Crippen molar-refractivity contribution in [3.63, 3.8) is 0 Å². The second-order valence-corrected chi connectivity index (χ2v) is 8.09. The van der Waals surface area contributed by atoms with Gasteiger partial charge in [0.2, 0.25) is 5.91 Å². The van der Waals surface area contributed by atoms with E-state index in [1.54, 1.807) is 4.90 Å². The number of benzene rings is 2. The Morgan fingerprint density at radius 3 is 2.27 bits per heavy atom. The van der Waals surface area contributed by atoms with Crippen LogP contribution in [0.25, 0.3) is 0 Å². The van der Waals surface area contributed by atoms with Gasteiger partial charge in [-0.2, -0.15) is 0 Å². The average molecular weight is 408 g/mol. The minimum atomic E-state index is -0.766. The van der Waals surface area contributed by atoms with Crippen LogP contribution < -0.4 is 5.32 Å². The second-order valence-electron chi connectivity index (χ2n) is 8.09. The zero-order valence-corrected chi connectivity index (χ0v) is 17.3. The van der Waals surface area contributed by atoms with E-state index < -0.39 is 23.7 Å². The Kier molecular flexibility index (Phi) is 6.16. The molecule has 2 heterocycles. The quantitative estimate of drug-likeness (QED) is 0.537. The van der Waals surface area contributed by atoms with Crippen molar-refractivity contribution in [2.75, 3.05) is 13.1 Å². The second kappa shape index (κ2) is 8.98. The Balaban J connectivity index is 1.44. The van der Waals surface area contributed by atoms with E-state index in [9.17, 15) is 9.59 Å². The average Bonchev–Trinajstić information content (AvgIpc) is 3.29. The van der Waals surface area contributed by atoms with Crippen molar-refractivity contribution in [3.05, 3.63) is 71.8 Å². The Morgan fingerprint density at radius 2 is 1.70 bits per heavy atom. The third-order valence-corrected chi connectivity index (χ3v) is 5.96. The third kappa shape index (κ3) is 4.25. The van der Waals surface area contributed by atoms with Crippen LogP contribution in [0.4, 0.5) is 0 Å². The van der Waals surface area contributed by atoms with Crippen LogP contribution in [0.15, 0.2) is 60.7 Å². The van der Waals surface area contributed by atoms with Crippen LogP contribution >= 0.6 is 0 Å². The van der Waals surface area contributed by atoms with E-state index in [-0.39, 0.29) is 12.5 Å². The van der Waals surface area contributed by atoms with Gasteiger partial charge in [-0.3, -0.25) is 4.79 Å². The maximum atomic E-state index is 13.0. The molecule has 1 unspecified atom stereocenters. The highest BCUT2D eigenvalue weighted by atomic mass is 16.5. The van der Waals surface area contributed by atoms with Crippen LogP contribution in [0, 0.1) is 0 Å². The molecule has 0 aromatic heterocycles. The molecule has 0 saturated carbocycles. The van der Waals surface area contributed by atoms with Gasteiger partial charge in [-0.1, -0.05) is 60.7 Å². The fourth-order valence-corrected chi connectivity index (χ4v) is 4.24. The van der Waals surface area contributed by atoms with Gasteiger partial charge in [0.15, 0.2) is 6.04 Å². The molecule has 0 radical (unpaired) electrons. The number of likely N-dealkylation sites (tertiary alicyclic amines) is 1. The van der Waals surface area contributed by atoms with Crippen molar-refractivity contribution in [1.82, 2.24) is 10.2 Å². The zero-order valence-electron chi connectivity index (χ0n) is 17.3. The number of hydrogen-bond acceptors (Lipinski definition) is 5. The van der Waals surface area contributed by atoms with Gasteiger partial charge in [-0.15, -0.1) is 0 Å². The maximum absolute atomic E-state index is 13.0. The Morgan fingerprint density at radius 1 is 1.07 bits per heavy atom. The van der Waals surface area contributed by atoms with Crippen LogP contribution in [0.5, 0.6) is 0 Å². The van der Waals surface area contributed by atoms with Crippen molar-refractivity contribution in [2.24, 2.45) is 0 Å². The number of carbonyl (C=O) groups excluding carboxylic acids is 2. The number of nitrogens with zero attached hydrogens (tertiary/aromatic N) is 1. The highest BCUT2D eigenvalue weighted by molar-refractivity contribution is 5.96. The van der Waals surface area contributed by atoms with Gasteiger partial charge >= 0.3 is 5.97 Å². The predicted molar refractivity (Wildman–Crippen MR) is 112 cm³/mol. The molecule has 2 aromatic rings. The summed E-state index contributed by atoms with van der Waals surface area (Å²) in [6.45, 7) is 3.72. The molecule has 6 heteroatoms. The molecule has 0 bridgehead atoms. The summed E-state index contributed by atoms with van der Waals surface area (Å²) < 4.78 is 11.6. The first-order valence-corrected chi connectivity index (χ1v) is 10.5. The topological polar surface area (TPSA) is 67.9 Å². The Labute approximate surface area is 177 Å². The zero-order chi connectivity index (χ0) is 21.0. The van der Waals surface area contributed by atoms with Gasteiger partial charge in [-0.25, -0.2) is 4.79 Å². The largest absolute Gasteiger partial charge is 0.459 e. The molecule has 2 fully saturated rings. The van der Waals surface area contributed by atoms with Crippen molar-refractivity contribution < 1.29 is 19.1 Å². The lowest BCUT2D eigenvalue weighted by atomic mass is 9.84. The van der Waals surface area contributed by atoms with Gasteiger partial charge in [0.1, 0.15) is 12.1 Å². The molecule has 2 aliphatic heterocycles. The summed E-state index contributed by atoms with van der Waals surface area (Å²) in [6, 6.07) is 18.6. The summed E-state index contributed by atoms with van der Waals surface area (Å²) in [5.74, 6) is -0.461. The van der Waals surface area contributed by atoms with E-state index >= 15 is 0 Å². The molecule has 2 saturated heterocycles. The van der Waals surface area contributed by atoms with E-state index in [0.717, 1.165) is 30.5 Å². The number of amides is 1. The summed E-state index contributed by atoms with van der Waals surface area (Å²) in [4.78, 5) is 27.6. The summed E-state index contributed by atoms with van der Waals surface area (Å²) in [7, 11) is 0. The van der Waals surface area contributed by atoms with Gasteiger partial charge in [-0.05, 0) is 37.4 Å². The monoisotopic (exact) mass is 408 g/mol. The highest BCUT2D eigenvalue weighted by Gasteiger charge is 2.57. The molecule has 1 spiro atoms. The number of nitrogens with one attached hydrogen (secondary N) is 1. The van der Waals surface area contributed by atoms with Crippen LogP contribution in [0.1, 0.15) is 30.9 Å². The van der Waals surface area contributed by atoms with Crippen LogP contribution in [-0.4, -0.2) is 47.6 Å². The van der Waals surface area contributed by atoms with E-state index in [1.807, 2.05) is 67.6 Å². The standard InChI is InChI=1S/C24H28N2O4/c1-18(29-15-19-9-4-2-5-10-19)21(22(27)30-16-20-11-6-3-7-12-20)26-17-24(23(26)28)13-8-14-25-24/h2-7,9-12,18,21,25H,8,13-17H2,1H3/t18-,21+,24?/m1/s1. The van der Waals surface area contributed by atoms with E-state index in [0.29, 0.717) is 13.2 Å². The summed E-state index contributed by atoms with van der Waals surface area (Å²) in [5.41, 5.74) is 1.42. The molecule has 2 aliphatic rings. The fourth-order valence-electron chi connectivity index (χ4n) is 4.24. The molecular weight excluding hydrogens is 380 g/mol. The fraction of sp³-hybridized carbons (Fsp3) is 0.417. The van der Waals surface area contributed by atoms with Crippen LogP contribution in [0.3, 0.4) is 0 Å². The minimum absolute atomic E-state index is 0.0307. The third-order valence-electron chi connectivity index (χ3n) is 5.96.